The van der Waals surface area contributed by atoms with Crippen molar-refractivity contribution in [2.24, 2.45) is 16.6 Å². The Hall–Kier alpha value is -1.03. The van der Waals surface area contributed by atoms with Crippen LogP contribution in [-0.2, 0) is 4.74 Å². The number of ether oxygens (including phenoxy) is 1. The van der Waals surface area contributed by atoms with E-state index in [2.05, 4.69) is 22.9 Å². The van der Waals surface area contributed by atoms with E-state index >= 15 is 0 Å². The van der Waals surface area contributed by atoms with Crippen LogP contribution in [0.4, 0.5) is 0 Å². The lowest BCUT2D eigenvalue weighted by atomic mass is 10.0. The summed E-state index contributed by atoms with van der Waals surface area (Å²) in [5.41, 5.74) is 7.52. The molecule has 2 N–H and O–H groups in total. The maximum absolute atomic E-state index is 6.06. The average molecular weight is 251 g/mol. The third kappa shape index (κ3) is 4.02. The first-order valence-electron chi connectivity index (χ1n) is 7.06. The Morgan fingerprint density at radius 2 is 2.50 bits per heavy atom. The van der Waals surface area contributed by atoms with E-state index in [1.807, 2.05) is 0 Å². The maximum atomic E-state index is 6.06. The summed E-state index contributed by atoms with van der Waals surface area (Å²) >= 11 is 0. The van der Waals surface area contributed by atoms with E-state index in [-0.39, 0.29) is 0 Å². The van der Waals surface area contributed by atoms with Crippen molar-refractivity contribution in [3.05, 3.63) is 11.6 Å². The zero-order valence-electron chi connectivity index (χ0n) is 11.4. The van der Waals surface area contributed by atoms with E-state index < -0.39 is 0 Å². The Labute approximate surface area is 110 Å². The Balaban J connectivity index is 1.75. The lowest BCUT2D eigenvalue weighted by Gasteiger charge is -2.31. The zero-order valence-corrected chi connectivity index (χ0v) is 11.4. The van der Waals surface area contributed by atoms with Gasteiger partial charge >= 0.3 is 0 Å². The molecular formula is C14H25N3O. The molecule has 0 aliphatic carbocycles. The van der Waals surface area contributed by atoms with Crippen molar-refractivity contribution in [1.29, 1.82) is 0 Å². The number of hydrogen-bond donors (Lipinski definition) is 1. The number of nitrogens with two attached hydrogens (primary N) is 1. The van der Waals surface area contributed by atoms with Crippen LogP contribution in [0, 0.1) is 5.92 Å². The first-order valence-corrected chi connectivity index (χ1v) is 7.06. The number of piperidine rings is 1. The van der Waals surface area contributed by atoms with Crippen molar-refractivity contribution in [1.82, 2.24) is 4.90 Å². The normalized spacial score (nSPS) is 26.1. The summed E-state index contributed by atoms with van der Waals surface area (Å²) in [7, 11) is 0. The molecule has 0 spiro atoms. The SMILES string of the molecule is CC1CCCN(C(N)=NCCC2=CCOCC2)C1. The van der Waals surface area contributed by atoms with Crippen LogP contribution in [0.25, 0.3) is 0 Å². The van der Waals surface area contributed by atoms with Crippen molar-refractivity contribution in [3.8, 4) is 0 Å². The fraction of sp³-hybridized carbons (Fsp3) is 0.786. The molecule has 1 atom stereocenters. The number of aliphatic imine (C=N–C) groups is 1. The lowest BCUT2D eigenvalue weighted by molar-refractivity contribution is 0.153. The van der Waals surface area contributed by atoms with Gasteiger partial charge in [-0.3, -0.25) is 4.99 Å². The summed E-state index contributed by atoms with van der Waals surface area (Å²) in [4.78, 5) is 6.74. The van der Waals surface area contributed by atoms with Gasteiger partial charge in [-0.25, -0.2) is 0 Å². The van der Waals surface area contributed by atoms with Gasteiger partial charge in [-0.05, 0) is 31.6 Å². The van der Waals surface area contributed by atoms with Gasteiger partial charge < -0.3 is 15.4 Å². The van der Waals surface area contributed by atoms with E-state index in [9.17, 15) is 0 Å². The standard InChI is InChI=1S/C14H25N3O/c1-12-3-2-8-17(11-12)14(15)16-7-4-13-5-9-18-10-6-13/h5,12H,2-4,6-11H2,1H3,(H2,15,16). The first kappa shape index (κ1) is 13.4. The molecule has 4 heteroatoms. The Morgan fingerprint density at radius 3 is 3.22 bits per heavy atom. The van der Waals surface area contributed by atoms with Crippen LogP contribution in [0.5, 0.6) is 0 Å². The Kier molecular flexibility index (Phi) is 5.05. The average Bonchev–Trinajstić information content (AvgIpc) is 2.40. The first-order chi connectivity index (χ1) is 8.75. The second-order valence-electron chi connectivity index (χ2n) is 5.37. The molecule has 0 aromatic rings. The molecule has 0 radical (unpaired) electrons. The number of nitrogens with zero attached hydrogens (tertiary/aromatic N) is 2. The molecule has 2 rings (SSSR count). The van der Waals surface area contributed by atoms with Gasteiger partial charge in [0.25, 0.3) is 0 Å². The summed E-state index contributed by atoms with van der Waals surface area (Å²) in [6.07, 6.45) is 6.80. The predicted octanol–water partition coefficient (Wildman–Crippen LogP) is 1.77. The summed E-state index contributed by atoms with van der Waals surface area (Å²) in [5.74, 6) is 1.47. The van der Waals surface area contributed by atoms with Gasteiger partial charge in [-0.2, -0.15) is 0 Å². The molecular weight excluding hydrogens is 226 g/mol. The number of guanidine groups is 1. The topological polar surface area (TPSA) is 50.8 Å². The molecule has 2 aliphatic heterocycles. The minimum absolute atomic E-state index is 0.731. The van der Waals surface area contributed by atoms with Gasteiger partial charge in [0.2, 0.25) is 0 Å². The van der Waals surface area contributed by atoms with E-state index in [1.165, 1.54) is 18.4 Å². The van der Waals surface area contributed by atoms with Crippen molar-refractivity contribution in [3.63, 3.8) is 0 Å². The summed E-state index contributed by atoms with van der Waals surface area (Å²) < 4.78 is 5.29. The van der Waals surface area contributed by atoms with Gasteiger partial charge in [-0.1, -0.05) is 18.6 Å². The summed E-state index contributed by atoms with van der Waals surface area (Å²) in [6, 6.07) is 0. The molecule has 2 aliphatic rings. The zero-order chi connectivity index (χ0) is 12.8. The minimum atomic E-state index is 0.731. The molecule has 0 bridgehead atoms. The molecule has 4 nitrogen and oxygen atoms in total. The highest BCUT2D eigenvalue weighted by Gasteiger charge is 2.17. The molecule has 18 heavy (non-hydrogen) atoms. The van der Waals surface area contributed by atoms with Gasteiger partial charge in [0.05, 0.1) is 13.2 Å². The Morgan fingerprint density at radius 1 is 1.61 bits per heavy atom. The molecule has 1 saturated heterocycles. The van der Waals surface area contributed by atoms with E-state index in [0.29, 0.717) is 0 Å². The van der Waals surface area contributed by atoms with Crippen molar-refractivity contribution >= 4 is 5.96 Å². The number of rotatable bonds is 3. The molecule has 0 aromatic heterocycles. The summed E-state index contributed by atoms with van der Waals surface area (Å²) in [6.45, 7) is 6.84. The van der Waals surface area contributed by atoms with Crippen LogP contribution < -0.4 is 5.73 Å². The van der Waals surface area contributed by atoms with Crippen molar-refractivity contribution in [2.45, 2.75) is 32.6 Å². The molecule has 2 heterocycles. The third-order valence-electron chi connectivity index (χ3n) is 3.75. The van der Waals surface area contributed by atoms with Crippen LogP contribution in [0.1, 0.15) is 32.6 Å². The van der Waals surface area contributed by atoms with Gasteiger partial charge in [0.15, 0.2) is 5.96 Å². The number of hydrogen-bond acceptors (Lipinski definition) is 2. The molecule has 1 fully saturated rings. The highest BCUT2D eigenvalue weighted by atomic mass is 16.5. The molecule has 1 unspecified atom stereocenters. The quantitative estimate of drug-likeness (QED) is 0.472. The Bertz CT molecular complexity index is 325. The van der Waals surface area contributed by atoms with E-state index in [1.54, 1.807) is 0 Å². The van der Waals surface area contributed by atoms with Crippen molar-refractivity contribution < 1.29 is 4.74 Å². The highest BCUT2D eigenvalue weighted by molar-refractivity contribution is 5.78. The lowest BCUT2D eigenvalue weighted by Crippen LogP contribution is -2.43. The second-order valence-corrected chi connectivity index (χ2v) is 5.37. The molecule has 0 amide bonds. The van der Waals surface area contributed by atoms with Gasteiger partial charge in [0.1, 0.15) is 0 Å². The van der Waals surface area contributed by atoms with Crippen LogP contribution in [-0.4, -0.2) is 43.7 Å². The monoisotopic (exact) mass is 251 g/mol. The molecule has 0 aromatic carbocycles. The minimum Gasteiger partial charge on any atom is -0.377 e. The summed E-state index contributed by atoms with van der Waals surface area (Å²) in [5, 5.41) is 0. The molecule has 0 saturated carbocycles. The fourth-order valence-corrected chi connectivity index (χ4v) is 2.60. The number of likely N-dealkylation sites (tertiary alicyclic amines) is 1. The van der Waals surface area contributed by atoms with Crippen LogP contribution in [0.3, 0.4) is 0 Å². The van der Waals surface area contributed by atoms with Crippen LogP contribution >= 0.6 is 0 Å². The van der Waals surface area contributed by atoms with Gasteiger partial charge in [-0.15, -0.1) is 0 Å². The van der Waals surface area contributed by atoms with E-state index in [0.717, 1.165) is 57.6 Å². The third-order valence-corrected chi connectivity index (χ3v) is 3.75. The van der Waals surface area contributed by atoms with Crippen LogP contribution in [0.15, 0.2) is 16.6 Å². The maximum Gasteiger partial charge on any atom is 0.191 e. The van der Waals surface area contributed by atoms with Gasteiger partial charge in [0, 0.05) is 19.6 Å². The fourth-order valence-electron chi connectivity index (χ4n) is 2.60. The second kappa shape index (κ2) is 6.78. The predicted molar refractivity (Wildman–Crippen MR) is 74.6 cm³/mol. The van der Waals surface area contributed by atoms with Crippen molar-refractivity contribution in [2.75, 3.05) is 32.8 Å². The van der Waals surface area contributed by atoms with E-state index in [4.69, 9.17) is 10.5 Å². The smallest absolute Gasteiger partial charge is 0.191 e. The highest BCUT2D eigenvalue weighted by Crippen LogP contribution is 2.15. The molecule has 102 valence electrons. The largest absolute Gasteiger partial charge is 0.377 e. The van der Waals surface area contributed by atoms with Crippen LogP contribution in [0.2, 0.25) is 0 Å².